The number of carbonyl (C=O) groups is 2. The van der Waals surface area contributed by atoms with Crippen molar-refractivity contribution in [2.24, 2.45) is 11.7 Å². The molecule has 0 aromatic heterocycles. The van der Waals surface area contributed by atoms with E-state index in [0.29, 0.717) is 30.3 Å². The first-order chi connectivity index (χ1) is 14.1. The Morgan fingerprint density at radius 2 is 1.76 bits per heavy atom. The molecule has 0 aliphatic carbocycles. The fourth-order valence-corrected chi connectivity index (χ4v) is 3.57. The number of nitriles is 1. The average Bonchev–Trinajstić information content (AvgIpc) is 2.75. The number of piperidine rings is 1. The predicted octanol–water partition coefficient (Wildman–Crippen LogP) is 3.09. The molecule has 1 saturated heterocycles. The highest BCUT2D eigenvalue weighted by Gasteiger charge is 2.25. The van der Waals surface area contributed by atoms with Crippen LogP contribution in [0.1, 0.15) is 28.8 Å². The Kier molecular flexibility index (Phi) is 6.64. The van der Waals surface area contributed by atoms with Gasteiger partial charge in [-0.15, -0.1) is 0 Å². The highest BCUT2D eigenvalue weighted by atomic mass is 16.2. The van der Waals surface area contributed by atoms with Gasteiger partial charge in [-0.2, -0.15) is 5.26 Å². The summed E-state index contributed by atoms with van der Waals surface area (Å²) in [5.74, 6) is -0.335. The van der Waals surface area contributed by atoms with Gasteiger partial charge in [0.2, 0.25) is 0 Å². The summed E-state index contributed by atoms with van der Waals surface area (Å²) < 4.78 is 0. The van der Waals surface area contributed by atoms with Crippen molar-refractivity contribution in [3.05, 3.63) is 77.5 Å². The van der Waals surface area contributed by atoms with Gasteiger partial charge in [-0.3, -0.25) is 9.59 Å². The van der Waals surface area contributed by atoms with Crippen molar-refractivity contribution in [3.63, 3.8) is 0 Å². The van der Waals surface area contributed by atoms with Crippen LogP contribution in [0.4, 0.5) is 5.69 Å². The van der Waals surface area contributed by atoms with Crippen molar-refractivity contribution in [3.8, 4) is 6.07 Å². The monoisotopic (exact) mass is 388 g/mol. The molecule has 0 radical (unpaired) electrons. The van der Waals surface area contributed by atoms with Gasteiger partial charge in [0, 0.05) is 19.3 Å². The van der Waals surface area contributed by atoms with Crippen molar-refractivity contribution in [1.82, 2.24) is 4.90 Å². The second-order valence-corrected chi connectivity index (χ2v) is 7.15. The van der Waals surface area contributed by atoms with Gasteiger partial charge in [0.15, 0.2) is 0 Å². The quantitative estimate of drug-likeness (QED) is 0.587. The number of anilines is 1. The number of nitrogens with zero attached hydrogens (tertiary/aromatic N) is 2. The zero-order valence-corrected chi connectivity index (χ0v) is 16.2. The average molecular weight is 388 g/mol. The number of nitrogens with one attached hydrogen (secondary N) is 1. The Balaban J connectivity index is 1.60. The molecule has 148 valence electrons. The molecule has 6 nitrogen and oxygen atoms in total. The zero-order chi connectivity index (χ0) is 20.6. The molecule has 29 heavy (non-hydrogen) atoms. The van der Waals surface area contributed by atoms with E-state index in [9.17, 15) is 14.9 Å². The minimum absolute atomic E-state index is 0.00535. The molecular formula is C23H24N4O2. The lowest BCUT2D eigenvalue weighted by Gasteiger charge is -2.32. The highest BCUT2D eigenvalue weighted by Crippen LogP contribution is 2.23. The molecule has 1 aliphatic rings. The van der Waals surface area contributed by atoms with Crippen LogP contribution in [-0.2, 0) is 11.2 Å². The van der Waals surface area contributed by atoms with Gasteiger partial charge in [0.05, 0.1) is 11.3 Å². The van der Waals surface area contributed by atoms with E-state index in [4.69, 9.17) is 5.73 Å². The molecule has 0 atom stereocenters. The fraction of sp³-hybridized carbons (Fsp3) is 0.261. The lowest BCUT2D eigenvalue weighted by molar-refractivity contribution is -0.128. The van der Waals surface area contributed by atoms with Crippen molar-refractivity contribution in [2.45, 2.75) is 19.3 Å². The number of carbonyl (C=O) groups excluding carboxylic acids is 2. The summed E-state index contributed by atoms with van der Waals surface area (Å²) in [7, 11) is 0. The second kappa shape index (κ2) is 9.56. The predicted molar refractivity (Wildman–Crippen MR) is 112 cm³/mol. The molecule has 6 heteroatoms. The van der Waals surface area contributed by atoms with E-state index in [1.807, 2.05) is 24.3 Å². The minimum Gasteiger partial charge on any atom is -0.366 e. The van der Waals surface area contributed by atoms with Crippen molar-refractivity contribution in [1.29, 1.82) is 5.26 Å². The maximum Gasteiger partial charge on any atom is 0.266 e. The highest BCUT2D eigenvalue weighted by molar-refractivity contribution is 6.00. The van der Waals surface area contributed by atoms with Gasteiger partial charge in [0.25, 0.3) is 11.8 Å². The zero-order valence-electron chi connectivity index (χ0n) is 16.2. The van der Waals surface area contributed by atoms with Crippen LogP contribution in [0.15, 0.2) is 66.4 Å². The largest absolute Gasteiger partial charge is 0.366 e. The SMILES string of the molecule is N#C/C(=C/Nc1ccccc1C(N)=O)C(=O)N1CCC(Cc2ccccc2)CC1. The third-order valence-corrected chi connectivity index (χ3v) is 5.18. The molecule has 2 aromatic carbocycles. The number of rotatable bonds is 6. The van der Waals surface area contributed by atoms with Gasteiger partial charge in [-0.25, -0.2) is 0 Å². The topological polar surface area (TPSA) is 99.2 Å². The van der Waals surface area contributed by atoms with Gasteiger partial charge in [-0.1, -0.05) is 42.5 Å². The number of hydrogen-bond donors (Lipinski definition) is 2. The molecule has 0 spiro atoms. The van der Waals surface area contributed by atoms with E-state index < -0.39 is 5.91 Å². The van der Waals surface area contributed by atoms with Crippen LogP contribution in [0.25, 0.3) is 0 Å². The van der Waals surface area contributed by atoms with Gasteiger partial charge < -0.3 is 16.0 Å². The number of primary amides is 1. The normalized spacial score (nSPS) is 14.9. The van der Waals surface area contributed by atoms with E-state index in [0.717, 1.165) is 19.3 Å². The number of amides is 2. The summed E-state index contributed by atoms with van der Waals surface area (Å²) in [6, 6.07) is 19.0. The lowest BCUT2D eigenvalue weighted by atomic mass is 9.90. The number of benzene rings is 2. The first-order valence-corrected chi connectivity index (χ1v) is 9.67. The van der Waals surface area contributed by atoms with Gasteiger partial charge >= 0.3 is 0 Å². The molecule has 0 unspecified atom stereocenters. The van der Waals surface area contributed by atoms with Crippen molar-refractivity contribution in [2.75, 3.05) is 18.4 Å². The third kappa shape index (κ3) is 5.23. The van der Waals surface area contributed by atoms with Crippen molar-refractivity contribution < 1.29 is 9.59 Å². The van der Waals surface area contributed by atoms with Crippen LogP contribution >= 0.6 is 0 Å². The third-order valence-electron chi connectivity index (χ3n) is 5.18. The summed E-state index contributed by atoms with van der Waals surface area (Å²) >= 11 is 0. The Morgan fingerprint density at radius 1 is 1.10 bits per heavy atom. The van der Waals surface area contributed by atoms with Crippen LogP contribution in [0.3, 0.4) is 0 Å². The van der Waals surface area contributed by atoms with Crippen molar-refractivity contribution >= 4 is 17.5 Å². The van der Waals surface area contributed by atoms with E-state index in [1.165, 1.54) is 11.8 Å². The second-order valence-electron chi connectivity index (χ2n) is 7.15. The van der Waals surface area contributed by atoms with Crippen LogP contribution in [-0.4, -0.2) is 29.8 Å². The van der Waals surface area contributed by atoms with E-state index in [1.54, 1.807) is 29.2 Å². The number of para-hydroxylation sites is 1. The smallest absolute Gasteiger partial charge is 0.266 e. The summed E-state index contributed by atoms with van der Waals surface area (Å²) in [5, 5.41) is 12.3. The van der Waals surface area contributed by atoms with Gasteiger partial charge in [-0.05, 0) is 42.9 Å². The van der Waals surface area contributed by atoms with Crippen LogP contribution in [0, 0.1) is 17.2 Å². The Labute approximate surface area is 170 Å². The number of likely N-dealkylation sites (tertiary alicyclic amines) is 1. The van der Waals surface area contributed by atoms with E-state index in [-0.39, 0.29) is 11.5 Å². The Bertz CT molecular complexity index is 939. The van der Waals surface area contributed by atoms with Crippen LogP contribution < -0.4 is 11.1 Å². The van der Waals surface area contributed by atoms with E-state index >= 15 is 0 Å². The summed E-state index contributed by atoms with van der Waals surface area (Å²) in [5.41, 5.74) is 7.44. The molecule has 0 bridgehead atoms. The molecular weight excluding hydrogens is 364 g/mol. The molecule has 1 heterocycles. The summed E-state index contributed by atoms with van der Waals surface area (Å²) in [6.45, 7) is 1.26. The summed E-state index contributed by atoms with van der Waals surface area (Å²) in [4.78, 5) is 26.0. The maximum atomic E-state index is 12.7. The molecule has 1 fully saturated rings. The van der Waals surface area contributed by atoms with Crippen LogP contribution in [0.2, 0.25) is 0 Å². The first-order valence-electron chi connectivity index (χ1n) is 9.67. The molecule has 3 N–H and O–H groups in total. The standard InChI is InChI=1S/C23H24N4O2/c24-15-19(16-26-21-9-5-4-8-20(21)22(25)28)23(29)27-12-10-18(11-13-27)14-17-6-2-1-3-7-17/h1-9,16,18,26H,10-14H2,(H2,25,28)/b19-16-. The molecule has 0 saturated carbocycles. The molecule has 1 aliphatic heterocycles. The maximum absolute atomic E-state index is 12.7. The fourth-order valence-electron chi connectivity index (χ4n) is 3.57. The Hall–Kier alpha value is -3.59. The molecule has 2 amide bonds. The lowest BCUT2D eigenvalue weighted by Crippen LogP contribution is -2.39. The first kappa shape index (κ1) is 20.2. The minimum atomic E-state index is -0.577. The summed E-state index contributed by atoms with van der Waals surface area (Å²) in [6.07, 6.45) is 4.18. The Morgan fingerprint density at radius 3 is 2.41 bits per heavy atom. The van der Waals surface area contributed by atoms with E-state index in [2.05, 4.69) is 17.4 Å². The van der Waals surface area contributed by atoms with Gasteiger partial charge in [0.1, 0.15) is 11.6 Å². The molecule has 2 aromatic rings. The number of nitrogens with two attached hydrogens (primary N) is 1. The molecule has 3 rings (SSSR count). The number of hydrogen-bond acceptors (Lipinski definition) is 4. The van der Waals surface area contributed by atoms with Crippen LogP contribution in [0.5, 0.6) is 0 Å².